The molecule has 0 spiro atoms. The molecular weight excluding hydrogens is 414 g/mol. The number of likely N-dealkylation sites (N-methyl/N-ethyl adjacent to an activating group) is 1. The first kappa shape index (κ1) is 22.3. The van der Waals surface area contributed by atoms with E-state index in [1.807, 2.05) is 11.0 Å². The van der Waals surface area contributed by atoms with Crippen LogP contribution in [-0.4, -0.2) is 74.8 Å². The zero-order valence-electron chi connectivity index (χ0n) is 19.0. The molecule has 1 atom stereocenters. The summed E-state index contributed by atoms with van der Waals surface area (Å²) in [6, 6.07) is 3.54. The Balaban J connectivity index is 1.61. The molecule has 2 aliphatic heterocycles. The minimum atomic E-state index is -0.530. The highest BCUT2D eigenvalue weighted by molar-refractivity contribution is 5.79. The van der Waals surface area contributed by atoms with Crippen molar-refractivity contribution < 1.29 is 13.5 Å². The van der Waals surface area contributed by atoms with Gasteiger partial charge >= 0.3 is 0 Å². The lowest BCUT2D eigenvalue weighted by Crippen LogP contribution is -2.50. The van der Waals surface area contributed by atoms with Gasteiger partial charge in [-0.2, -0.15) is 0 Å². The number of piperazine rings is 1. The second-order valence-corrected chi connectivity index (χ2v) is 8.31. The van der Waals surface area contributed by atoms with Gasteiger partial charge in [0.1, 0.15) is 18.0 Å². The first-order valence-corrected chi connectivity index (χ1v) is 10.9. The molecule has 0 amide bonds. The third kappa shape index (κ3) is 4.21. The van der Waals surface area contributed by atoms with Crippen molar-refractivity contribution in [1.82, 2.24) is 14.9 Å². The van der Waals surface area contributed by atoms with E-state index in [0.29, 0.717) is 48.4 Å². The number of anilines is 3. The average molecular weight is 445 g/mol. The van der Waals surface area contributed by atoms with E-state index < -0.39 is 11.6 Å². The average Bonchev–Trinajstić information content (AvgIpc) is 2.81. The van der Waals surface area contributed by atoms with Crippen LogP contribution in [0.25, 0.3) is 5.57 Å². The number of ether oxygens (including phenoxy) is 1. The number of nitrogens with zero attached hydrogens (tertiary/aromatic N) is 5. The van der Waals surface area contributed by atoms with Gasteiger partial charge in [0.25, 0.3) is 0 Å². The van der Waals surface area contributed by atoms with Crippen molar-refractivity contribution in [3.63, 3.8) is 0 Å². The lowest BCUT2D eigenvalue weighted by atomic mass is 9.96. The molecular formula is C23H30F2N6O. The normalized spacial score (nSPS) is 19.7. The summed E-state index contributed by atoms with van der Waals surface area (Å²) in [7, 11) is 5.31. The molecule has 0 radical (unpaired) electrons. The molecule has 3 heterocycles. The van der Waals surface area contributed by atoms with Gasteiger partial charge < -0.3 is 24.8 Å². The molecule has 9 heteroatoms. The van der Waals surface area contributed by atoms with Crippen LogP contribution in [-0.2, 0) is 0 Å². The lowest BCUT2D eigenvalue weighted by molar-refractivity contribution is 0.234. The number of methoxy groups -OCH3 is 1. The van der Waals surface area contributed by atoms with E-state index in [1.54, 1.807) is 20.2 Å². The van der Waals surface area contributed by atoms with E-state index in [-0.39, 0.29) is 5.56 Å². The summed E-state index contributed by atoms with van der Waals surface area (Å²) >= 11 is 0. The maximum absolute atomic E-state index is 15.6. The molecule has 1 aromatic heterocycles. The zero-order chi connectivity index (χ0) is 22.8. The second-order valence-electron chi connectivity index (χ2n) is 8.31. The van der Waals surface area contributed by atoms with Gasteiger partial charge in [-0.15, -0.1) is 0 Å². The van der Waals surface area contributed by atoms with Crippen molar-refractivity contribution in [3.05, 3.63) is 41.7 Å². The Bertz CT molecular complexity index is 1010. The van der Waals surface area contributed by atoms with Crippen molar-refractivity contribution in [2.45, 2.75) is 19.4 Å². The van der Waals surface area contributed by atoms with Crippen LogP contribution in [0.3, 0.4) is 0 Å². The lowest BCUT2D eigenvalue weighted by Gasteiger charge is -2.40. The Kier molecular flexibility index (Phi) is 6.45. The van der Waals surface area contributed by atoms with E-state index in [0.717, 1.165) is 25.5 Å². The molecule has 4 rings (SSSR count). The van der Waals surface area contributed by atoms with Crippen LogP contribution in [0.1, 0.15) is 18.9 Å². The Morgan fingerprint density at radius 2 is 1.94 bits per heavy atom. The van der Waals surface area contributed by atoms with Crippen molar-refractivity contribution in [3.8, 4) is 5.88 Å². The highest BCUT2D eigenvalue weighted by Crippen LogP contribution is 2.38. The van der Waals surface area contributed by atoms with E-state index in [1.165, 1.54) is 12.4 Å². The molecule has 2 aromatic rings. The third-order valence-corrected chi connectivity index (χ3v) is 6.44. The summed E-state index contributed by atoms with van der Waals surface area (Å²) in [4.78, 5) is 14.7. The summed E-state index contributed by atoms with van der Waals surface area (Å²) in [5.41, 5.74) is 1.66. The summed E-state index contributed by atoms with van der Waals surface area (Å²) in [6.45, 7) is 5.53. The number of halogens is 2. The molecule has 2 aliphatic rings. The fraction of sp³-hybridized carbons (Fsp3) is 0.478. The molecule has 1 saturated heterocycles. The monoisotopic (exact) mass is 444 g/mol. The van der Waals surface area contributed by atoms with Gasteiger partial charge in [0.05, 0.1) is 24.0 Å². The van der Waals surface area contributed by atoms with Crippen molar-refractivity contribution >= 4 is 22.8 Å². The van der Waals surface area contributed by atoms with Gasteiger partial charge in [0.2, 0.25) is 5.88 Å². The minimum Gasteiger partial charge on any atom is -0.481 e. The zero-order valence-corrected chi connectivity index (χ0v) is 19.0. The molecule has 1 unspecified atom stereocenters. The van der Waals surface area contributed by atoms with Crippen LogP contribution < -0.4 is 19.9 Å². The predicted octanol–water partition coefficient (Wildman–Crippen LogP) is 3.24. The van der Waals surface area contributed by atoms with Crippen LogP contribution in [0.5, 0.6) is 5.88 Å². The Morgan fingerprint density at radius 3 is 2.59 bits per heavy atom. The van der Waals surface area contributed by atoms with Crippen LogP contribution in [0.15, 0.2) is 24.5 Å². The van der Waals surface area contributed by atoms with Gasteiger partial charge in [-0.3, -0.25) is 0 Å². The third-order valence-electron chi connectivity index (χ3n) is 6.44. The van der Waals surface area contributed by atoms with Gasteiger partial charge in [-0.05, 0) is 26.0 Å². The van der Waals surface area contributed by atoms with Crippen molar-refractivity contribution in [1.29, 1.82) is 0 Å². The van der Waals surface area contributed by atoms with Gasteiger partial charge in [0, 0.05) is 57.9 Å². The maximum Gasteiger partial charge on any atom is 0.218 e. The minimum absolute atomic E-state index is 0.0557. The van der Waals surface area contributed by atoms with Gasteiger partial charge in [0.15, 0.2) is 5.82 Å². The quantitative estimate of drug-likeness (QED) is 0.760. The highest BCUT2D eigenvalue weighted by Gasteiger charge is 2.28. The predicted molar refractivity (Wildman–Crippen MR) is 124 cm³/mol. The molecule has 0 bridgehead atoms. The number of nitrogens with one attached hydrogen (secondary N) is 1. The van der Waals surface area contributed by atoms with E-state index in [4.69, 9.17) is 4.74 Å². The summed E-state index contributed by atoms with van der Waals surface area (Å²) in [5, 5.41) is 2.98. The van der Waals surface area contributed by atoms with Crippen LogP contribution in [0, 0.1) is 11.6 Å². The fourth-order valence-corrected chi connectivity index (χ4v) is 4.37. The topological polar surface area (TPSA) is 56.8 Å². The molecule has 172 valence electrons. The van der Waals surface area contributed by atoms with Crippen molar-refractivity contribution in [2.24, 2.45) is 0 Å². The summed E-state index contributed by atoms with van der Waals surface area (Å²) < 4.78 is 36.0. The second kappa shape index (κ2) is 9.28. The first-order chi connectivity index (χ1) is 15.4. The first-order valence-electron chi connectivity index (χ1n) is 10.9. The Labute approximate surface area is 187 Å². The highest BCUT2D eigenvalue weighted by atomic mass is 19.1. The molecule has 1 aromatic carbocycles. The summed E-state index contributed by atoms with van der Waals surface area (Å²) in [5.74, 6) is 0.154. The number of aromatic nitrogens is 2. The molecule has 0 saturated carbocycles. The molecule has 7 nitrogen and oxygen atoms in total. The Hall–Kier alpha value is -2.94. The number of hydrogen-bond acceptors (Lipinski definition) is 7. The largest absolute Gasteiger partial charge is 0.481 e. The molecule has 1 N–H and O–H groups in total. The molecule has 1 fully saturated rings. The van der Waals surface area contributed by atoms with Crippen LogP contribution in [0.2, 0.25) is 0 Å². The fourth-order valence-electron chi connectivity index (χ4n) is 4.37. The van der Waals surface area contributed by atoms with E-state index in [2.05, 4.69) is 39.1 Å². The molecule has 32 heavy (non-hydrogen) atoms. The van der Waals surface area contributed by atoms with Crippen LogP contribution in [0.4, 0.5) is 26.0 Å². The number of benzene rings is 1. The van der Waals surface area contributed by atoms with E-state index >= 15 is 8.78 Å². The SMILES string of the molecule is CNc1c(N2CCN(C)C(C)C2)cc(F)c(C2=CCN(c3cc(OC)ncn3)CC2)c1F. The summed E-state index contributed by atoms with van der Waals surface area (Å²) in [6.07, 6.45) is 3.83. The van der Waals surface area contributed by atoms with Crippen LogP contribution >= 0.6 is 0 Å². The number of hydrogen-bond donors (Lipinski definition) is 1. The molecule has 0 aliphatic carbocycles. The maximum atomic E-state index is 15.6. The Morgan fingerprint density at radius 1 is 1.12 bits per heavy atom. The van der Waals surface area contributed by atoms with Crippen molar-refractivity contribution in [2.75, 3.05) is 69.0 Å². The smallest absolute Gasteiger partial charge is 0.218 e. The standard InChI is InChI=1S/C23H30F2N6O/c1-15-13-31(10-9-29(15)3)18-11-17(24)21(22(25)23(18)26-2)16-5-7-30(8-6-16)19-12-20(32-4)28-14-27-19/h5,11-12,14-15,26H,6-10,13H2,1-4H3. The van der Waals surface area contributed by atoms with Gasteiger partial charge in [-0.25, -0.2) is 18.7 Å². The number of rotatable bonds is 5. The van der Waals surface area contributed by atoms with Gasteiger partial charge in [-0.1, -0.05) is 6.08 Å². The van der Waals surface area contributed by atoms with E-state index in [9.17, 15) is 0 Å².